The van der Waals surface area contributed by atoms with Crippen molar-refractivity contribution in [3.8, 4) is 12.3 Å². The van der Waals surface area contributed by atoms with Crippen molar-refractivity contribution in [2.45, 2.75) is 25.3 Å². The first kappa shape index (κ1) is 10.3. The van der Waals surface area contributed by atoms with Crippen LogP contribution in [0.5, 0.6) is 0 Å². The normalized spacial score (nSPS) is 25.7. The van der Waals surface area contributed by atoms with Crippen molar-refractivity contribution in [3.05, 3.63) is 35.4 Å². The molecule has 1 aromatic rings. The molecule has 1 aliphatic heterocycles. The van der Waals surface area contributed by atoms with E-state index in [2.05, 4.69) is 49.1 Å². The van der Waals surface area contributed by atoms with Crippen molar-refractivity contribution in [2.75, 3.05) is 13.6 Å². The standard InChI is InChI=1S/C14H17N/c1-4-7-12-10-15(3)11(2)13-8-5-6-9-14(12)13/h1,5-6,8-9,11-12H,7,10H2,2-3H3. The smallest absolute Gasteiger partial charge is 0.0319 e. The highest BCUT2D eigenvalue weighted by molar-refractivity contribution is 5.36. The summed E-state index contributed by atoms with van der Waals surface area (Å²) in [4.78, 5) is 2.38. The molecule has 2 atom stereocenters. The number of terminal acetylenes is 1. The van der Waals surface area contributed by atoms with Crippen molar-refractivity contribution < 1.29 is 0 Å². The minimum atomic E-state index is 0.507. The largest absolute Gasteiger partial charge is 0.299 e. The molecule has 0 radical (unpaired) electrons. The van der Waals surface area contributed by atoms with Crippen molar-refractivity contribution in [2.24, 2.45) is 0 Å². The van der Waals surface area contributed by atoms with Gasteiger partial charge in [0.15, 0.2) is 0 Å². The van der Waals surface area contributed by atoms with Crippen LogP contribution in [0.15, 0.2) is 24.3 Å². The van der Waals surface area contributed by atoms with Crippen molar-refractivity contribution >= 4 is 0 Å². The number of hydrogen-bond acceptors (Lipinski definition) is 1. The van der Waals surface area contributed by atoms with E-state index in [1.165, 1.54) is 11.1 Å². The van der Waals surface area contributed by atoms with Gasteiger partial charge in [-0.3, -0.25) is 4.90 Å². The van der Waals surface area contributed by atoms with E-state index in [9.17, 15) is 0 Å². The van der Waals surface area contributed by atoms with Crippen molar-refractivity contribution in [1.29, 1.82) is 0 Å². The van der Waals surface area contributed by atoms with Gasteiger partial charge in [0, 0.05) is 24.9 Å². The Kier molecular flexibility index (Phi) is 2.79. The molecule has 0 saturated carbocycles. The number of hydrogen-bond donors (Lipinski definition) is 0. The third kappa shape index (κ3) is 1.78. The van der Waals surface area contributed by atoms with E-state index in [1.54, 1.807) is 0 Å². The molecule has 0 fully saturated rings. The van der Waals surface area contributed by atoms with Gasteiger partial charge in [-0.05, 0) is 25.1 Å². The molecule has 0 aromatic heterocycles. The van der Waals surface area contributed by atoms with Gasteiger partial charge in [0.2, 0.25) is 0 Å². The lowest BCUT2D eigenvalue weighted by atomic mass is 9.84. The Bertz CT molecular complexity index is 389. The Morgan fingerprint density at radius 1 is 1.40 bits per heavy atom. The van der Waals surface area contributed by atoms with Crippen molar-refractivity contribution in [1.82, 2.24) is 4.90 Å². The SMILES string of the molecule is C#CCC1CN(C)C(C)c2ccccc21. The summed E-state index contributed by atoms with van der Waals surface area (Å²) in [5.74, 6) is 3.29. The molecule has 0 aliphatic carbocycles. The molecule has 1 heteroatoms. The summed E-state index contributed by atoms with van der Waals surface area (Å²) < 4.78 is 0. The zero-order valence-electron chi connectivity index (χ0n) is 9.40. The lowest BCUT2D eigenvalue weighted by molar-refractivity contribution is 0.224. The first-order valence-corrected chi connectivity index (χ1v) is 5.46. The van der Waals surface area contributed by atoms with Gasteiger partial charge in [0.1, 0.15) is 0 Å². The lowest BCUT2D eigenvalue weighted by Crippen LogP contribution is -2.33. The highest BCUT2D eigenvalue weighted by Crippen LogP contribution is 2.35. The predicted molar refractivity (Wildman–Crippen MR) is 63.7 cm³/mol. The third-order valence-corrected chi connectivity index (χ3v) is 3.42. The molecular weight excluding hydrogens is 182 g/mol. The van der Waals surface area contributed by atoms with Gasteiger partial charge in [-0.25, -0.2) is 0 Å². The topological polar surface area (TPSA) is 3.24 Å². The zero-order valence-corrected chi connectivity index (χ0v) is 9.40. The molecule has 0 N–H and O–H groups in total. The van der Waals surface area contributed by atoms with Crippen LogP contribution in [0.4, 0.5) is 0 Å². The number of nitrogens with zero attached hydrogens (tertiary/aromatic N) is 1. The summed E-state index contributed by atoms with van der Waals surface area (Å²) in [5, 5.41) is 0. The van der Waals surface area contributed by atoms with E-state index in [0.29, 0.717) is 12.0 Å². The van der Waals surface area contributed by atoms with Gasteiger partial charge in [-0.2, -0.15) is 0 Å². The Morgan fingerprint density at radius 2 is 2.07 bits per heavy atom. The summed E-state index contributed by atoms with van der Waals surface area (Å²) in [6.45, 7) is 3.33. The van der Waals surface area contributed by atoms with E-state index in [1.807, 2.05) is 0 Å². The Morgan fingerprint density at radius 3 is 2.73 bits per heavy atom. The van der Waals surface area contributed by atoms with Crippen LogP contribution in [0.3, 0.4) is 0 Å². The van der Waals surface area contributed by atoms with Crippen LogP contribution in [-0.2, 0) is 0 Å². The number of rotatable bonds is 1. The monoisotopic (exact) mass is 199 g/mol. The predicted octanol–water partition coefficient (Wildman–Crippen LogP) is 2.80. The van der Waals surface area contributed by atoms with Crippen LogP contribution in [0.25, 0.3) is 0 Å². The fourth-order valence-corrected chi connectivity index (χ4v) is 2.42. The zero-order chi connectivity index (χ0) is 10.8. The Balaban J connectivity index is 2.41. The van der Waals surface area contributed by atoms with E-state index in [0.717, 1.165) is 13.0 Å². The van der Waals surface area contributed by atoms with Crippen LogP contribution in [0.1, 0.15) is 36.4 Å². The fourth-order valence-electron chi connectivity index (χ4n) is 2.42. The molecule has 15 heavy (non-hydrogen) atoms. The summed E-state index contributed by atoms with van der Waals surface area (Å²) in [7, 11) is 2.17. The van der Waals surface area contributed by atoms with Crippen molar-refractivity contribution in [3.63, 3.8) is 0 Å². The quantitative estimate of drug-likeness (QED) is 0.629. The molecule has 1 aliphatic rings. The Hall–Kier alpha value is -1.26. The minimum Gasteiger partial charge on any atom is -0.299 e. The molecule has 78 valence electrons. The molecular formula is C14H17N. The minimum absolute atomic E-state index is 0.507. The number of likely N-dealkylation sites (N-methyl/N-ethyl adjacent to an activating group) is 1. The van der Waals surface area contributed by atoms with E-state index >= 15 is 0 Å². The number of fused-ring (bicyclic) bond motifs is 1. The highest BCUT2D eigenvalue weighted by Gasteiger charge is 2.27. The first-order valence-electron chi connectivity index (χ1n) is 5.46. The average molecular weight is 199 g/mol. The molecule has 0 amide bonds. The molecule has 1 nitrogen and oxygen atoms in total. The van der Waals surface area contributed by atoms with E-state index in [4.69, 9.17) is 6.42 Å². The molecule has 2 unspecified atom stereocenters. The van der Waals surface area contributed by atoms with Crippen LogP contribution >= 0.6 is 0 Å². The molecule has 0 spiro atoms. The highest BCUT2D eigenvalue weighted by atomic mass is 15.1. The average Bonchev–Trinajstić information content (AvgIpc) is 2.26. The fraction of sp³-hybridized carbons (Fsp3) is 0.429. The van der Waals surface area contributed by atoms with E-state index in [-0.39, 0.29) is 0 Å². The third-order valence-electron chi connectivity index (χ3n) is 3.42. The number of benzene rings is 1. The van der Waals surface area contributed by atoms with Gasteiger partial charge >= 0.3 is 0 Å². The van der Waals surface area contributed by atoms with Gasteiger partial charge in [-0.15, -0.1) is 12.3 Å². The maximum Gasteiger partial charge on any atom is 0.0319 e. The molecule has 1 aromatic carbocycles. The van der Waals surface area contributed by atoms with Gasteiger partial charge < -0.3 is 0 Å². The van der Waals surface area contributed by atoms with Gasteiger partial charge in [0.25, 0.3) is 0 Å². The second-order valence-electron chi connectivity index (χ2n) is 4.35. The van der Waals surface area contributed by atoms with Crippen LogP contribution in [0, 0.1) is 12.3 Å². The maximum absolute atomic E-state index is 5.43. The molecule has 1 heterocycles. The maximum atomic E-state index is 5.43. The van der Waals surface area contributed by atoms with Gasteiger partial charge in [0.05, 0.1) is 0 Å². The second kappa shape index (κ2) is 4.08. The van der Waals surface area contributed by atoms with Gasteiger partial charge in [-0.1, -0.05) is 24.3 Å². The van der Waals surface area contributed by atoms with Crippen LogP contribution in [0.2, 0.25) is 0 Å². The Labute approximate surface area is 92.1 Å². The molecule has 0 saturated heterocycles. The summed E-state index contributed by atoms with van der Waals surface area (Å²) in [5.41, 5.74) is 2.88. The summed E-state index contributed by atoms with van der Waals surface area (Å²) in [6, 6.07) is 9.18. The first-order chi connectivity index (χ1) is 7.24. The summed E-state index contributed by atoms with van der Waals surface area (Å²) >= 11 is 0. The van der Waals surface area contributed by atoms with E-state index < -0.39 is 0 Å². The second-order valence-corrected chi connectivity index (χ2v) is 4.35. The van der Waals surface area contributed by atoms with Crippen LogP contribution < -0.4 is 0 Å². The molecule has 2 rings (SSSR count). The molecule has 0 bridgehead atoms. The lowest BCUT2D eigenvalue weighted by Gasteiger charge is -2.36. The summed E-state index contributed by atoms with van der Waals surface area (Å²) in [6.07, 6.45) is 6.27. The van der Waals surface area contributed by atoms with Crippen LogP contribution in [-0.4, -0.2) is 18.5 Å².